The zero-order chi connectivity index (χ0) is 25.9. The molecule has 1 aromatic heterocycles. The zero-order valence-electron chi connectivity index (χ0n) is 19.1. The van der Waals surface area contributed by atoms with Gasteiger partial charge < -0.3 is 30.1 Å². The number of hydrogen-bond donors (Lipinski definition) is 5. The first-order valence-corrected chi connectivity index (χ1v) is 11.0. The van der Waals surface area contributed by atoms with Crippen molar-refractivity contribution >= 4 is 17.8 Å². The highest BCUT2D eigenvalue weighted by atomic mass is 19.2. The summed E-state index contributed by atoms with van der Waals surface area (Å²) in [7, 11) is 0. The van der Waals surface area contributed by atoms with E-state index in [1.54, 1.807) is 0 Å². The van der Waals surface area contributed by atoms with Gasteiger partial charge in [-0.15, -0.1) is 0 Å². The molecule has 5 N–H and O–H groups in total. The Bertz CT molecular complexity index is 1140. The second kappa shape index (κ2) is 13.3. The third-order valence-corrected chi connectivity index (χ3v) is 4.98. The number of nitrogens with zero attached hydrogens (tertiary/aromatic N) is 1. The van der Waals surface area contributed by atoms with Crippen molar-refractivity contribution in [2.45, 2.75) is 25.1 Å². The molecule has 10 nitrogen and oxygen atoms in total. The van der Waals surface area contributed by atoms with Crippen LogP contribution in [0.5, 0.6) is 0 Å². The third-order valence-electron chi connectivity index (χ3n) is 4.98. The summed E-state index contributed by atoms with van der Waals surface area (Å²) < 4.78 is 37.3. The normalized spacial score (nSPS) is 12.6. The number of benzene rings is 2. The maximum absolute atomic E-state index is 13.7. The van der Waals surface area contributed by atoms with Gasteiger partial charge in [-0.3, -0.25) is 10.1 Å². The van der Waals surface area contributed by atoms with Gasteiger partial charge in [-0.25, -0.2) is 13.6 Å². The number of nitrogens with one attached hydrogen (secondary N) is 3. The number of ether oxygens (including phenoxy) is 1. The number of carbonyl (C=O) groups is 2. The maximum atomic E-state index is 13.7. The Balaban J connectivity index is 1.48. The van der Waals surface area contributed by atoms with Gasteiger partial charge >= 0.3 is 6.09 Å². The number of aliphatic hydroxyl groups excluding tert-OH is 2. The molecule has 0 aliphatic heterocycles. The summed E-state index contributed by atoms with van der Waals surface area (Å²) in [5.41, 5.74) is 0.819. The molecule has 0 radical (unpaired) electrons. The summed E-state index contributed by atoms with van der Waals surface area (Å²) >= 11 is 0. The largest absolute Gasteiger partial charge is 0.447 e. The maximum Gasteiger partial charge on any atom is 0.412 e. The number of carbonyl (C=O) groups excluding carboxylic acids is 2. The minimum atomic E-state index is -1.17. The van der Waals surface area contributed by atoms with Crippen LogP contribution in [-0.2, 0) is 16.1 Å². The lowest BCUT2D eigenvalue weighted by Gasteiger charge is -2.21. The molecule has 0 bridgehead atoms. The van der Waals surface area contributed by atoms with E-state index < -0.39 is 42.4 Å². The summed E-state index contributed by atoms with van der Waals surface area (Å²) in [6.45, 7) is -1.23. The molecule has 2 aromatic carbocycles. The molecule has 3 rings (SSSR count). The van der Waals surface area contributed by atoms with Crippen LogP contribution < -0.4 is 16.0 Å². The first kappa shape index (κ1) is 26.7. The quantitative estimate of drug-likeness (QED) is 0.252. The van der Waals surface area contributed by atoms with Crippen molar-refractivity contribution in [1.82, 2.24) is 15.8 Å². The highest BCUT2D eigenvalue weighted by molar-refractivity contribution is 5.84. The molecule has 2 unspecified atom stereocenters. The number of rotatable bonds is 12. The summed E-state index contributed by atoms with van der Waals surface area (Å²) in [6.07, 6.45) is -2.14. The molecule has 0 saturated heterocycles. The fourth-order valence-corrected chi connectivity index (χ4v) is 3.24. The van der Waals surface area contributed by atoms with Crippen LogP contribution in [0.2, 0.25) is 0 Å². The minimum Gasteiger partial charge on any atom is -0.447 e. The van der Waals surface area contributed by atoms with Crippen LogP contribution in [0, 0.1) is 11.6 Å². The molecule has 192 valence electrons. The van der Waals surface area contributed by atoms with Crippen LogP contribution >= 0.6 is 0 Å². The van der Waals surface area contributed by atoms with Gasteiger partial charge in [0, 0.05) is 23.7 Å². The Morgan fingerprint density at radius 1 is 1.11 bits per heavy atom. The third kappa shape index (κ3) is 8.12. The van der Waals surface area contributed by atoms with Gasteiger partial charge in [-0.1, -0.05) is 47.6 Å². The van der Waals surface area contributed by atoms with Crippen LogP contribution in [0.3, 0.4) is 0 Å². The molecule has 0 aliphatic carbocycles. The lowest BCUT2D eigenvalue weighted by molar-refractivity contribution is -0.121. The van der Waals surface area contributed by atoms with E-state index in [0.29, 0.717) is 5.76 Å². The van der Waals surface area contributed by atoms with Crippen LogP contribution in [-0.4, -0.2) is 59.3 Å². The van der Waals surface area contributed by atoms with E-state index in [0.717, 1.165) is 11.6 Å². The molecule has 12 heteroatoms. The van der Waals surface area contributed by atoms with Crippen molar-refractivity contribution in [2.75, 3.05) is 25.1 Å². The van der Waals surface area contributed by atoms with Crippen molar-refractivity contribution in [2.24, 2.45) is 0 Å². The van der Waals surface area contributed by atoms with E-state index in [4.69, 9.17) is 14.4 Å². The smallest absolute Gasteiger partial charge is 0.412 e. The van der Waals surface area contributed by atoms with Crippen molar-refractivity contribution in [3.8, 4) is 11.3 Å². The van der Waals surface area contributed by atoms with E-state index in [2.05, 4.69) is 21.1 Å². The fourth-order valence-electron chi connectivity index (χ4n) is 3.24. The van der Waals surface area contributed by atoms with Gasteiger partial charge in [0.15, 0.2) is 23.2 Å². The predicted octanol–water partition coefficient (Wildman–Crippen LogP) is 2.19. The number of halogens is 2. The van der Waals surface area contributed by atoms with Gasteiger partial charge in [-0.2, -0.15) is 0 Å². The standard InChI is InChI=1S/C24H26F2N4O6/c25-19-8-4-7-16(23(19)26)11-27-12-22(33)28-17(9-18(32)13-31)14-35-24(34)29-21-10-20(36-30-21)15-5-2-1-3-6-15/h1-8,10,17-18,27,31-32H,9,11-14H2,(H,28,33)(H,29,30,34). The Morgan fingerprint density at radius 2 is 1.89 bits per heavy atom. The summed E-state index contributed by atoms with van der Waals surface area (Å²) in [4.78, 5) is 24.4. The molecule has 0 spiro atoms. The topological polar surface area (TPSA) is 146 Å². The van der Waals surface area contributed by atoms with Gasteiger partial charge in [-0.05, 0) is 12.5 Å². The number of anilines is 1. The molecule has 3 aromatic rings. The van der Waals surface area contributed by atoms with E-state index in [1.807, 2.05) is 30.3 Å². The molecular weight excluding hydrogens is 478 g/mol. The molecule has 0 fully saturated rings. The number of aliphatic hydroxyl groups is 2. The van der Waals surface area contributed by atoms with Gasteiger partial charge in [0.1, 0.15) is 6.61 Å². The van der Waals surface area contributed by atoms with Crippen molar-refractivity contribution in [3.05, 3.63) is 71.8 Å². The molecule has 1 heterocycles. The lowest BCUT2D eigenvalue weighted by Crippen LogP contribution is -2.45. The predicted molar refractivity (Wildman–Crippen MR) is 125 cm³/mol. The van der Waals surface area contributed by atoms with Crippen LogP contribution in [0.4, 0.5) is 19.4 Å². The van der Waals surface area contributed by atoms with Gasteiger partial charge in [0.2, 0.25) is 5.91 Å². The minimum absolute atomic E-state index is 0.0540. The molecule has 2 amide bonds. The molecule has 2 atom stereocenters. The summed E-state index contributed by atoms with van der Waals surface area (Å²) in [5, 5.41) is 30.3. The Morgan fingerprint density at radius 3 is 2.64 bits per heavy atom. The van der Waals surface area contributed by atoms with Crippen molar-refractivity contribution in [3.63, 3.8) is 0 Å². The fraction of sp³-hybridized carbons (Fsp3) is 0.292. The number of hydrogen-bond acceptors (Lipinski definition) is 8. The Kier molecular flexibility index (Phi) is 9.86. The summed E-state index contributed by atoms with van der Waals surface area (Å²) in [5.74, 6) is -1.99. The number of amides is 2. The molecular formula is C24H26F2N4O6. The van der Waals surface area contributed by atoms with Gasteiger partial charge in [0.05, 0.1) is 25.3 Å². The monoisotopic (exact) mass is 504 g/mol. The number of aromatic nitrogens is 1. The van der Waals surface area contributed by atoms with Crippen LogP contribution in [0.25, 0.3) is 11.3 Å². The first-order valence-electron chi connectivity index (χ1n) is 11.0. The van der Waals surface area contributed by atoms with Gasteiger partial charge in [0.25, 0.3) is 0 Å². The average molecular weight is 504 g/mol. The second-order valence-electron chi connectivity index (χ2n) is 7.82. The van der Waals surface area contributed by atoms with Crippen LogP contribution in [0.1, 0.15) is 12.0 Å². The highest BCUT2D eigenvalue weighted by Gasteiger charge is 2.19. The molecule has 36 heavy (non-hydrogen) atoms. The average Bonchev–Trinajstić information content (AvgIpc) is 3.34. The zero-order valence-corrected chi connectivity index (χ0v) is 19.1. The Hall–Kier alpha value is -3.87. The van der Waals surface area contributed by atoms with E-state index in [-0.39, 0.29) is 37.5 Å². The van der Waals surface area contributed by atoms with E-state index >= 15 is 0 Å². The molecule has 0 aliphatic rings. The SMILES string of the molecule is O=C(CNCc1cccc(F)c1F)NC(COC(=O)Nc1cc(-c2ccccc2)on1)CC(O)CO. The van der Waals surface area contributed by atoms with E-state index in [9.17, 15) is 23.5 Å². The second-order valence-corrected chi connectivity index (χ2v) is 7.82. The van der Waals surface area contributed by atoms with Crippen molar-refractivity contribution < 1.29 is 37.8 Å². The van der Waals surface area contributed by atoms with Crippen LogP contribution in [0.15, 0.2) is 59.1 Å². The summed E-state index contributed by atoms with van der Waals surface area (Å²) in [6, 6.07) is 13.5. The first-order chi connectivity index (χ1) is 17.4. The van der Waals surface area contributed by atoms with E-state index in [1.165, 1.54) is 18.2 Å². The van der Waals surface area contributed by atoms with Crippen molar-refractivity contribution in [1.29, 1.82) is 0 Å². The molecule has 0 saturated carbocycles. The Labute approximate surface area is 205 Å². The lowest BCUT2D eigenvalue weighted by atomic mass is 10.1. The highest BCUT2D eigenvalue weighted by Crippen LogP contribution is 2.22.